The van der Waals surface area contributed by atoms with Gasteiger partial charge in [0.25, 0.3) is 0 Å². The van der Waals surface area contributed by atoms with E-state index in [4.69, 9.17) is 14.2 Å². The number of cyclic esters (lactones) is 1. The highest BCUT2D eigenvalue weighted by Crippen LogP contribution is 2.29. The van der Waals surface area contributed by atoms with Crippen LogP contribution >= 0.6 is 0 Å². The molecule has 0 unspecified atom stereocenters. The Morgan fingerprint density at radius 1 is 1.07 bits per heavy atom. The Morgan fingerprint density at radius 3 is 2.33 bits per heavy atom. The highest BCUT2D eigenvalue weighted by Gasteiger charge is 2.34. The zero-order chi connectivity index (χ0) is 22.3. The van der Waals surface area contributed by atoms with Crippen LogP contribution in [-0.4, -0.2) is 36.5 Å². The largest absolute Gasteiger partial charge is 0.497 e. The van der Waals surface area contributed by atoms with E-state index in [1.807, 2.05) is 64.1 Å². The number of hydrogen-bond donors (Lipinski definition) is 1. The van der Waals surface area contributed by atoms with Crippen LogP contribution in [0.2, 0.25) is 0 Å². The summed E-state index contributed by atoms with van der Waals surface area (Å²) in [7, 11) is 1.64. The summed E-state index contributed by atoms with van der Waals surface area (Å²) in [5, 5.41) is 10.6. The zero-order valence-corrected chi connectivity index (χ0v) is 19.2. The van der Waals surface area contributed by atoms with Gasteiger partial charge in [0.2, 0.25) is 0 Å². The number of methoxy groups -OCH3 is 1. The quantitative estimate of drug-likeness (QED) is 0.551. The molecule has 0 radical (unpaired) electrons. The van der Waals surface area contributed by atoms with Gasteiger partial charge in [0.15, 0.2) is 0 Å². The van der Waals surface area contributed by atoms with Crippen LogP contribution < -0.4 is 4.74 Å². The second-order valence-electron chi connectivity index (χ2n) is 8.72. The third kappa shape index (κ3) is 6.58. The average Bonchev–Trinajstić information content (AvgIpc) is 2.74. The molecule has 5 nitrogen and oxygen atoms in total. The summed E-state index contributed by atoms with van der Waals surface area (Å²) in [5.74, 6) is 0.378. The molecule has 168 valence electrons. The van der Waals surface area contributed by atoms with Gasteiger partial charge in [0.05, 0.1) is 31.8 Å². The van der Waals surface area contributed by atoms with Crippen molar-refractivity contribution in [2.24, 2.45) is 23.7 Å². The molecule has 0 aromatic heterocycles. The van der Waals surface area contributed by atoms with Crippen LogP contribution in [0.4, 0.5) is 0 Å². The maximum Gasteiger partial charge on any atom is 0.311 e. The first-order chi connectivity index (χ1) is 14.3. The van der Waals surface area contributed by atoms with Gasteiger partial charge >= 0.3 is 5.97 Å². The average molecular weight is 419 g/mol. The van der Waals surface area contributed by atoms with Gasteiger partial charge in [-0.15, -0.1) is 0 Å². The van der Waals surface area contributed by atoms with Crippen LogP contribution in [0.1, 0.15) is 53.0 Å². The SMILES string of the molecule is CC[C@H]1OC(=O)[C@H](C)[C@@H](OCc2ccc(OC)cc2)[C@@H](C)C[C@@H](C)[C@@H](O)/C=C/[C@H]1C. The number of carbonyl (C=O) groups is 1. The maximum absolute atomic E-state index is 12.9. The molecule has 0 saturated heterocycles. The smallest absolute Gasteiger partial charge is 0.311 e. The van der Waals surface area contributed by atoms with Gasteiger partial charge in [-0.2, -0.15) is 0 Å². The fraction of sp³-hybridized carbons (Fsp3) is 0.640. The van der Waals surface area contributed by atoms with Crippen molar-refractivity contribution >= 4 is 5.97 Å². The van der Waals surface area contributed by atoms with E-state index in [1.165, 1.54) is 0 Å². The monoisotopic (exact) mass is 418 g/mol. The van der Waals surface area contributed by atoms with Gasteiger partial charge in [0, 0.05) is 5.92 Å². The second kappa shape index (κ2) is 11.5. The van der Waals surface area contributed by atoms with Crippen LogP contribution in [-0.2, 0) is 20.9 Å². The van der Waals surface area contributed by atoms with Gasteiger partial charge in [-0.25, -0.2) is 0 Å². The fourth-order valence-corrected chi connectivity index (χ4v) is 4.13. The van der Waals surface area contributed by atoms with Crippen LogP contribution in [0.3, 0.4) is 0 Å². The van der Waals surface area contributed by atoms with Crippen molar-refractivity contribution in [3.05, 3.63) is 42.0 Å². The van der Waals surface area contributed by atoms with E-state index in [-0.39, 0.29) is 35.9 Å². The van der Waals surface area contributed by atoms with Gasteiger partial charge in [0.1, 0.15) is 11.9 Å². The molecule has 30 heavy (non-hydrogen) atoms. The lowest BCUT2D eigenvalue weighted by Crippen LogP contribution is -2.39. The number of hydrogen-bond acceptors (Lipinski definition) is 5. The Kier molecular flexibility index (Phi) is 9.37. The van der Waals surface area contributed by atoms with Crippen LogP contribution in [0, 0.1) is 23.7 Å². The molecule has 1 aromatic carbocycles. The first-order valence-electron chi connectivity index (χ1n) is 11.1. The Bertz CT molecular complexity index is 683. The Balaban J connectivity index is 2.22. The van der Waals surface area contributed by atoms with E-state index in [2.05, 4.69) is 6.92 Å². The number of benzene rings is 1. The molecular formula is C25H38O5. The van der Waals surface area contributed by atoms with Gasteiger partial charge in [-0.05, 0) is 49.3 Å². The minimum absolute atomic E-state index is 0.0449. The normalized spacial score (nSPS) is 34.4. The van der Waals surface area contributed by atoms with Crippen LogP contribution in [0.15, 0.2) is 36.4 Å². The predicted molar refractivity (Wildman–Crippen MR) is 118 cm³/mol. The number of aliphatic hydroxyl groups is 1. The van der Waals surface area contributed by atoms with Crippen molar-refractivity contribution in [3.63, 3.8) is 0 Å². The van der Waals surface area contributed by atoms with E-state index >= 15 is 0 Å². The lowest BCUT2D eigenvalue weighted by atomic mass is 9.84. The molecule has 0 aliphatic carbocycles. The first kappa shape index (κ1) is 24.4. The third-order valence-corrected chi connectivity index (χ3v) is 6.22. The summed E-state index contributed by atoms with van der Waals surface area (Å²) in [5.41, 5.74) is 1.02. The minimum Gasteiger partial charge on any atom is -0.497 e. The molecule has 0 bridgehead atoms. The Labute approximate surface area is 181 Å². The number of esters is 1. The summed E-state index contributed by atoms with van der Waals surface area (Å²) in [4.78, 5) is 12.9. The molecule has 1 aliphatic rings. The first-order valence-corrected chi connectivity index (χ1v) is 11.1. The molecule has 7 atom stereocenters. The van der Waals surface area contributed by atoms with Gasteiger partial charge < -0.3 is 19.3 Å². The van der Waals surface area contributed by atoms with E-state index in [0.717, 1.165) is 24.2 Å². The second-order valence-corrected chi connectivity index (χ2v) is 8.72. The lowest BCUT2D eigenvalue weighted by Gasteiger charge is -2.33. The van der Waals surface area contributed by atoms with Crippen molar-refractivity contribution in [1.29, 1.82) is 0 Å². The summed E-state index contributed by atoms with van der Waals surface area (Å²) in [6, 6.07) is 7.74. The summed E-state index contributed by atoms with van der Waals surface area (Å²) in [6.45, 7) is 10.5. The molecule has 1 aliphatic heterocycles. The molecule has 0 fully saturated rings. The molecule has 1 heterocycles. The van der Waals surface area contributed by atoms with Gasteiger partial charge in [-0.3, -0.25) is 4.79 Å². The van der Waals surface area contributed by atoms with Crippen molar-refractivity contribution in [3.8, 4) is 5.75 Å². The number of carbonyl (C=O) groups excluding carboxylic acids is 1. The lowest BCUT2D eigenvalue weighted by molar-refractivity contribution is -0.163. The maximum atomic E-state index is 12.9. The van der Waals surface area contributed by atoms with Crippen LogP contribution in [0.25, 0.3) is 0 Å². The molecular weight excluding hydrogens is 380 g/mol. The molecule has 2 rings (SSSR count). The zero-order valence-electron chi connectivity index (χ0n) is 19.2. The summed E-state index contributed by atoms with van der Waals surface area (Å²) in [6.07, 6.45) is 4.25. The highest BCUT2D eigenvalue weighted by atomic mass is 16.5. The fourth-order valence-electron chi connectivity index (χ4n) is 4.13. The van der Waals surface area contributed by atoms with Crippen molar-refractivity contribution < 1.29 is 24.1 Å². The van der Waals surface area contributed by atoms with E-state index in [9.17, 15) is 9.90 Å². The molecule has 0 saturated carbocycles. The van der Waals surface area contributed by atoms with E-state index in [1.54, 1.807) is 7.11 Å². The summed E-state index contributed by atoms with van der Waals surface area (Å²) >= 11 is 0. The Hall–Kier alpha value is -1.85. The number of ether oxygens (including phenoxy) is 3. The molecule has 0 spiro atoms. The van der Waals surface area contributed by atoms with Crippen LogP contribution in [0.5, 0.6) is 5.75 Å². The number of aliphatic hydroxyl groups excluding tert-OH is 1. The number of rotatable bonds is 5. The molecule has 1 N–H and O–H groups in total. The molecule has 1 aromatic rings. The van der Waals surface area contributed by atoms with E-state index < -0.39 is 12.0 Å². The highest BCUT2D eigenvalue weighted by molar-refractivity contribution is 5.73. The summed E-state index contributed by atoms with van der Waals surface area (Å²) < 4.78 is 17.3. The van der Waals surface area contributed by atoms with Crippen molar-refractivity contribution in [2.45, 2.75) is 72.4 Å². The van der Waals surface area contributed by atoms with Crippen molar-refractivity contribution in [1.82, 2.24) is 0 Å². The van der Waals surface area contributed by atoms with Crippen molar-refractivity contribution in [2.75, 3.05) is 7.11 Å². The van der Waals surface area contributed by atoms with E-state index in [0.29, 0.717) is 6.61 Å². The standard InChI is InChI=1S/C25H38O5/c1-7-23-16(2)8-13-22(26)17(3)14-18(4)24(19(5)25(27)30-23)29-15-20-9-11-21(28-6)12-10-20/h8-13,16-19,22-24,26H,7,14-15H2,1-6H3/b13-8+/t16-,17-,18+,19-,22+,23-,24+/m1/s1. The minimum atomic E-state index is -0.528. The van der Waals surface area contributed by atoms with Gasteiger partial charge in [-0.1, -0.05) is 52.0 Å². The predicted octanol–water partition coefficient (Wildman–Crippen LogP) is 4.77. The molecule has 5 heteroatoms. The Morgan fingerprint density at radius 2 is 1.73 bits per heavy atom. The third-order valence-electron chi connectivity index (χ3n) is 6.22. The molecule has 0 amide bonds. The topological polar surface area (TPSA) is 65.0 Å².